The van der Waals surface area contributed by atoms with E-state index >= 15 is 0 Å². The molecule has 0 spiro atoms. The van der Waals surface area contributed by atoms with Gasteiger partial charge in [-0.15, -0.1) is 11.8 Å². The van der Waals surface area contributed by atoms with Crippen molar-refractivity contribution >= 4 is 11.8 Å². The first kappa shape index (κ1) is 8.56. The number of rotatable bonds is 2. The smallest absolute Gasteiger partial charge is 0.142 e. The number of hydrogen-bond donors (Lipinski definition) is 1. The van der Waals surface area contributed by atoms with Crippen LogP contribution in [-0.4, -0.2) is 11.4 Å². The lowest BCUT2D eigenvalue weighted by atomic mass is 10.2. The second-order valence-electron chi connectivity index (χ2n) is 1.99. The average Bonchev–Trinajstić information content (AvgIpc) is 2.05. The maximum absolute atomic E-state index is 13.1. The summed E-state index contributed by atoms with van der Waals surface area (Å²) in [5.41, 5.74) is 0.233. The lowest BCUT2D eigenvalue weighted by molar-refractivity contribution is 0.405. The van der Waals surface area contributed by atoms with Crippen molar-refractivity contribution in [1.82, 2.24) is 0 Å². The summed E-state index contributed by atoms with van der Waals surface area (Å²) in [5.74, 6) is -0.359. The average molecular weight is 171 g/mol. The van der Waals surface area contributed by atoms with Crippen molar-refractivity contribution in [3.05, 3.63) is 36.2 Å². The Morgan fingerprint density at radius 2 is 2.27 bits per heavy atom. The second-order valence-corrected chi connectivity index (χ2v) is 2.84. The molecular weight excluding hydrogens is 163 g/mol. The van der Waals surface area contributed by atoms with Crippen molar-refractivity contribution in [3.8, 4) is 0 Å². The van der Waals surface area contributed by atoms with Crippen LogP contribution < -0.4 is 0 Å². The molecule has 0 bridgehead atoms. The van der Waals surface area contributed by atoms with Crippen LogP contribution in [0.2, 0.25) is 0 Å². The van der Waals surface area contributed by atoms with E-state index in [9.17, 15) is 4.39 Å². The molecule has 0 aliphatic rings. The first-order valence-corrected chi connectivity index (χ1v) is 4.32. The van der Waals surface area contributed by atoms with E-state index in [2.05, 4.69) is 0 Å². The molecule has 1 aromatic rings. The second kappa shape index (κ2) is 3.74. The van der Waals surface area contributed by atoms with Crippen LogP contribution in [0.15, 0.2) is 23.1 Å². The van der Waals surface area contributed by atoms with Gasteiger partial charge >= 0.3 is 0 Å². The summed E-state index contributed by atoms with van der Waals surface area (Å²) >= 11 is 1.32. The zero-order valence-electron chi connectivity index (χ0n) is 6.04. The third-order valence-electron chi connectivity index (χ3n) is 1.35. The molecule has 0 saturated heterocycles. The van der Waals surface area contributed by atoms with E-state index in [0.29, 0.717) is 4.90 Å². The highest BCUT2D eigenvalue weighted by Gasteiger charge is 2.04. The van der Waals surface area contributed by atoms with Crippen LogP contribution in [0.4, 0.5) is 4.39 Å². The van der Waals surface area contributed by atoms with Crippen LogP contribution in [0.25, 0.3) is 0 Å². The van der Waals surface area contributed by atoms with Crippen molar-refractivity contribution < 1.29 is 9.50 Å². The molecule has 1 N–H and O–H groups in total. The van der Waals surface area contributed by atoms with Gasteiger partial charge < -0.3 is 5.11 Å². The molecule has 0 saturated carbocycles. The molecule has 11 heavy (non-hydrogen) atoms. The number of aliphatic hydroxyl groups excluding tert-OH is 1. The minimum Gasteiger partial charge on any atom is -0.385 e. The Morgan fingerprint density at radius 1 is 1.55 bits per heavy atom. The van der Waals surface area contributed by atoms with Gasteiger partial charge in [-0.2, -0.15) is 0 Å². The number of thioether (sulfide) groups is 1. The van der Waals surface area contributed by atoms with Gasteiger partial charge in [0, 0.05) is 10.5 Å². The molecular formula is C8H8FOS. The zero-order chi connectivity index (χ0) is 8.27. The van der Waals surface area contributed by atoms with Crippen molar-refractivity contribution in [1.29, 1.82) is 0 Å². The third-order valence-corrected chi connectivity index (χ3v) is 2.11. The molecule has 0 heterocycles. The highest BCUT2D eigenvalue weighted by molar-refractivity contribution is 7.98. The van der Waals surface area contributed by atoms with Gasteiger partial charge in [0.1, 0.15) is 12.4 Å². The van der Waals surface area contributed by atoms with E-state index in [-0.39, 0.29) is 11.4 Å². The van der Waals surface area contributed by atoms with Crippen molar-refractivity contribution in [2.75, 3.05) is 6.26 Å². The van der Waals surface area contributed by atoms with E-state index in [1.807, 2.05) is 0 Å². The van der Waals surface area contributed by atoms with Gasteiger partial charge in [-0.3, -0.25) is 0 Å². The Hall–Kier alpha value is -0.540. The molecule has 1 aromatic carbocycles. The van der Waals surface area contributed by atoms with E-state index in [0.717, 1.165) is 6.61 Å². The van der Waals surface area contributed by atoms with Crippen LogP contribution in [0.5, 0.6) is 0 Å². The summed E-state index contributed by atoms with van der Waals surface area (Å²) in [4.78, 5) is 0.549. The van der Waals surface area contributed by atoms with E-state index in [1.165, 1.54) is 17.8 Å². The Bertz CT molecular complexity index is 228. The van der Waals surface area contributed by atoms with Crippen LogP contribution >= 0.6 is 11.8 Å². The third kappa shape index (κ3) is 1.73. The summed E-state index contributed by atoms with van der Waals surface area (Å²) < 4.78 is 13.1. The van der Waals surface area contributed by atoms with Crippen molar-refractivity contribution in [2.24, 2.45) is 0 Å². The predicted molar refractivity (Wildman–Crippen MR) is 43.5 cm³/mol. The van der Waals surface area contributed by atoms with Gasteiger partial charge in [0.25, 0.3) is 0 Å². The molecule has 1 rings (SSSR count). The standard InChI is InChI=1S/C8H8FOS/c1-11-7-4-2-3-6(5-10)8(7)9/h2-5,10H,1H3. The molecule has 3 heteroatoms. The zero-order valence-corrected chi connectivity index (χ0v) is 6.86. The van der Waals surface area contributed by atoms with Gasteiger partial charge in [0.05, 0.1) is 0 Å². The maximum Gasteiger partial charge on any atom is 0.142 e. The SMILES string of the molecule is CSc1cccc([CH]O)c1F. The van der Waals surface area contributed by atoms with Gasteiger partial charge in [-0.05, 0) is 12.3 Å². The molecule has 0 atom stereocenters. The lowest BCUT2D eigenvalue weighted by Gasteiger charge is -2.01. The van der Waals surface area contributed by atoms with E-state index < -0.39 is 0 Å². The van der Waals surface area contributed by atoms with Crippen LogP contribution in [0.3, 0.4) is 0 Å². The summed E-state index contributed by atoms with van der Waals surface area (Å²) in [5, 5.41) is 8.56. The largest absolute Gasteiger partial charge is 0.385 e. The van der Waals surface area contributed by atoms with Crippen LogP contribution in [0.1, 0.15) is 5.56 Å². The monoisotopic (exact) mass is 171 g/mol. The maximum atomic E-state index is 13.1. The Balaban J connectivity index is 3.10. The number of halogens is 1. The summed E-state index contributed by atoms with van der Waals surface area (Å²) in [7, 11) is 0. The number of hydrogen-bond acceptors (Lipinski definition) is 2. The quantitative estimate of drug-likeness (QED) is 0.689. The highest BCUT2D eigenvalue weighted by atomic mass is 32.2. The number of benzene rings is 1. The molecule has 0 amide bonds. The van der Waals surface area contributed by atoms with Crippen molar-refractivity contribution in [2.45, 2.75) is 4.90 Å². The van der Waals surface area contributed by atoms with E-state index in [4.69, 9.17) is 5.11 Å². The Morgan fingerprint density at radius 3 is 2.82 bits per heavy atom. The summed E-state index contributed by atoms with van der Waals surface area (Å²) in [6.45, 7) is 0.773. The first-order valence-electron chi connectivity index (χ1n) is 3.09. The molecule has 59 valence electrons. The highest BCUT2D eigenvalue weighted by Crippen LogP contribution is 2.21. The molecule has 0 aliphatic heterocycles. The minimum absolute atomic E-state index is 0.233. The summed E-state index contributed by atoms with van der Waals surface area (Å²) in [6.07, 6.45) is 1.79. The van der Waals surface area contributed by atoms with Gasteiger partial charge in [0.15, 0.2) is 0 Å². The van der Waals surface area contributed by atoms with E-state index in [1.54, 1.807) is 18.4 Å². The van der Waals surface area contributed by atoms with Crippen molar-refractivity contribution in [3.63, 3.8) is 0 Å². The van der Waals surface area contributed by atoms with Gasteiger partial charge in [-0.25, -0.2) is 4.39 Å². The first-order chi connectivity index (χ1) is 5.29. The Kier molecular flexibility index (Phi) is 2.91. The fourth-order valence-corrected chi connectivity index (χ4v) is 1.30. The lowest BCUT2D eigenvalue weighted by Crippen LogP contribution is -1.88. The predicted octanol–water partition coefficient (Wildman–Crippen LogP) is 2.43. The normalized spacial score (nSPS) is 10.1. The van der Waals surface area contributed by atoms with Gasteiger partial charge in [0.2, 0.25) is 0 Å². The number of aliphatic hydroxyl groups is 1. The molecule has 1 nitrogen and oxygen atoms in total. The molecule has 0 fully saturated rings. The molecule has 0 aromatic heterocycles. The fraction of sp³-hybridized carbons (Fsp3) is 0.125. The summed E-state index contributed by atoms with van der Waals surface area (Å²) in [6, 6.07) is 4.90. The molecule has 1 radical (unpaired) electrons. The molecule has 0 unspecified atom stereocenters. The topological polar surface area (TPSA) is 20.2 Å². The minimum atomic E-state index is -0.359. The van der Waals surface area contributed by atoms with Crippen LogP contribution in [-0.2, 0) is 0 Å². The Labute approximate surface area is 69.2 Å². The van der Waals surface area contributed by atoms with Crippen LogP contribution in [0, 0.1) is 12.4 Å². The fourth-order valence-electron chi connectivity index (χ4n) is 0.785. The molecule has 0 aliphatic carbocycles. The van der Waals surface area contributed by atoms with Gasteiger partial charge in [-0.1, -0.05) is 12.1 Å².